The molecular formula is C18H15F2N3O3. The first kappa shape index (κ1) is 17.5. The molecule has 0 aliphatic rings. The number of benzene rings is 2. The summed E-state index contributed by atoms with van der Waals surface area (Å²) in [5.41, 5.74) is 1.70. The van der Waals surface area contributed by atoms with Crippen LogP contribution in [0, 0.1) is 11.6 Å². The average molecular weight is 359 g/mol. The molecule has 0 atom stereocenters. The largest absolute Gasteiger partial charge is 0.486 e. The molecule has 0 aliphatic carbocycles. The number of nitrogens with one attached hydrogen (secondary N) is 1. The van der Waals surface area contributed by atoms with E-state index in [9.17, 15) is 13.6 Å². The van der Waals surface area contributed by atoms with E-state index >= 15 is 0 Å². The maximum Gasteiger partial charge on any atom is 0.361 e. The van der Waals surface area contributed by atoms with Gasteiger partial charge in [0.05, 0.1) is 6.61 Å². The molecule has 1 heterocycles. The Kier molecular flexibility index (Phi) is 5.21. The molecule has 0 amide bonds. The monoisotopic (exact) mass is 359 g/mol. The third-order valence-corrected chi connectivity index (χ3v) is 3.50. The Morgan fingerprint density at radius 2 is 2.00 bits per heavy atom. The Balaban J connectivity index is 1.80. The van der Waals surface area contributed by atoms with E-state index in [1.165, 1.54) is 0 Å². The smallest absolute Gasteiger partial charge is 0.361 e. The molecule has 8 heteroatoms. The molecule has 0 spiro atoms. The van der Waals surface area contributed by atoms with Crippen LogP contribution in [0.25, 0.3) is 11.3 Å². The number of aromatic amines is 1. The molecule has 1 N–H and O–H groups in total. The SMILES string of the molecule is CCOC(=O)c1n[nH]nc1-c1cccc(COc2cc(F)ccc2F)c1. The summed E-state index contributed by atoms with van der Waals surface area (Å²) in [4.78, 5) is 11.9. The molecule has 3 rings (SSSR count). The fourth-order valence-corrected chi connectivity index (χ4v) is 2.33. The Bertz CT molecular complexity index is 928. The molecular weight excluding hydrogens is 344 g/mol. The van der Waals surface area contributed by atoms with Gasteiger partial charge in [-0.15, -0.1) is 5.10 Å². The Morgan fingerprint density at radius 1 is 1.15 bits per heavy atom. The van der Waals surface area contributed by atoms with Crippen LogP contribution in [0.3, 0.4) is 0 Å². The molecule has 0 fully saturated rings. The van der Waals surface area contributed by atoms with Crippen molar-refractivity contribution in [3.63, 3.8) is 0 Å². The Morgan fingerprint density at radius 3 is 2.81 bits per heavy atom. The Hall–Kier alpha value is -3.29. The molecule has 6 nitrogen and oxygen atoms in total. The van der Waals surface area contributed by atoms with Crippen molar-refractivity contribution in [2.45, 2.75) is 13.5 Å². The number of halogens is 2. The van der Waals surface area contributed by atoms with Gasteiger partial charge in [0.25, 0.3) is 0 Å². The summed E-state index contributed by atoms with van der Waals surface area (Å²) in [6.45, 7) is 1.93. The van der Waals surface area contributed by atoms with E-state index in [1.54, 1.807) is 31.2 Å². The molecule has 0 radical (unpaired) electrons. The number of carbonyl (C=O) groups excluding carboxylic acids is 1. The fourth-order valence-electron chi connectivity index (χ4n) is 2.33. The first-order valence-electron chi connectivity index (χ1n) is 7.83. The maximum absolute atomic E-state index is 13.6. The van der Waals surface area contributed by atoms with E-state index in [0.29, 0.717) is 16.8 Å². The molecule has 2 aromatic carbocycles. The van der Waals surface area contributed by atoms with Gasteiger partial charge in [0.2, 0.25) is 0 Å². The first-order chi connectivity index (χ1) is 12.6. The highest BCUT2D eigenvalue weighted by atomic mass is 19.1. The second kappa shape index (κ2) is 7.73. The van der Waals surface area contributed by atoms with E-state index in [4.69, 9.17) is 9.47 Å². The first-order valence-corrected chi connectivity index (χ1v) is 7.83. The van der Waals surface area contributed by atoms with Gasteiger partial charge < -0.3 is 9.47 Å². The molecule has 0 saturated carbocycles. The van der Waals surface area contributed by atoms with Gasteiger partial charge in [-0.05, 0) is 30.7 Å². The number of hydrogen-bond acceptors (Lipinski definition) is 5. The van der Waals surface area contributed by atoms with Crippen molar-refractivity contribution in [3.8, 4) is 17.0 Å². The van der Waals surface area contributed by atoms with Crippen molar-refractivity contribution in [1.29, 1.82) is 0 Å². The minimum Gasteiger partial charge on any atom is -0.486 e. The summed E-state index contributed by atoms with van der Waals surface area (Å²) in [5.74, 6) is -2.00. The summed E-state index contributed by atoms with van der Waals surface area (Å²) in [7, 11) is 0. The van der Waals surface area contributed by atoms with Crippen molar-refractivity contribution >= 4 is 5.97 Å². The summed E-state index contributed by atoms with van der Waals surface area (Å²) >= 11 is 0. The summed E-state index contributed by atoms with van der Waals surface area (Å²) < 4.78 is 37.1. The highest BCUT2D eigenvalue weighted by Gasteiger charge is 2.19. The van der Waals surface area contributed by atoms with Crippen molar-refractivity contribution in [2.75, 3.05) is 6.61 Å². The van der Waals surface area contributed by atoms with Gasteiger partial charge >= 0.3 is 5.97 Å². The Labute approximate surface area is 147 Å². The predicted octanol–water partition coefficient (Wildman–Crippen LogP) is 3.51. The van der Waals surface area contributed by atoms with Gasteiger partial charge in [0.1, 0.15) is 18.1 Å². The molecule has 0 saturated heterocycles. The predicted molar refractivity (Wildman–Crippen MR) is 88.5 cm³/mol. The van der Waals surface area contributed by atoms with E-state index in [0.717, 1.165) is 18.2 Å². The normalized spacial score (nSPS) is 10.6. The van der Waals surface area contributed by atoms with E-state index < -0.39 is 17.6 Å². The van der Waals surface area contributed by atoms with Crippen LogP contribution in [-0.4, -0.2) is 28.0 Å². The lowest BCUT2D eigenvalue weighted by Gasteiger charge is -2.08. The molecule has 1 aromatic heterocycles. The topological polar surface area (TPSA) is 77.1 Å². The zero-order valence-electron chi connectivity index (χ0n) is 13.8. The van der Waals surface area contributed by atoms with Crippen LogP contribution in [0.2, 0.25) is 0 Å². The minimum absolute atomic E-state index is 0.0147. The molecule has 26 heavy (non-hydrogen) atoms. The van der Waals surface area contributed by atoms with Gasteiger partial charge in [-0.3, -0.25) is 0 Å². The fraction of sp³-hybridized carbons (Fsp3) is 0.167. The molecule has 0 bridgehead atoms. The van der Waals surface area contributed by atoms with E-state index in [1.807, 2.05) is 0 Å². The molecule has 0 aliphatic heterocycles. The number of rotatable bonds is 6. The van der Waals surface area contributed by atoms with Crippen LogP contribution in [0.5, 0.6) is 5.75 Å². The summed E-state index contributed by atoms with van der Waals surface area (Å²) in [6.07, 6.45) is 0. The maximum atomic E-state index is 13.6. The van der Waals surface area contributed by atoms with Crippen LogP contribution < -0.4 is 4.74 Å². The lowest BCUT2D eigenvalue weighted by atomic mass is 10.1. The third kappa shape index (κ3) is 3.85. The van der Waals surface area contributed by atoms with Crippen LogP contribution in [0.1, 0.15) is 23.0 Å². The van der Waals surface area contributed by atoms with Gasteiger partial charge in [-0.25, -0.2) is 13.6 Å². The van der Waals surface area contributed by atoms with Gasteiger partial charge in [0, 0.05) is 11.6 Å². The lowest BCUT2D eigenvalue weighted by molar-refractivity contribution is 0.0520. The van der Waals surface area contributed by atoms with Crippen molar-refractivity contribution in [1.82, 2.24) is 15.4 Å². The minimum atomic E-state index is -0.649. The van der Waals surface area contributed by atoms with Gasteiger partial charge in [-0.2, -0.15) is 10.3 Å². The number of esters is 1. The number of nitrogens with zero attached hydrogens (tertiary/aromatic N) is 2. The van der Waals surface area contributed by atoms with Gasteiger partial charge in [-0.1, -0.05) is 18.2 Å². The lowest BCUT2D eigenvalue weighted by Crippen LogP contribution is -2.07. The van der Waals surface area contributed by atoms with Crippen LogP contribution in [0.15, 0.2) is 42.5 Å². The second-order valence-corrected chi connectivity index (χ2v) is 5.31. The third-order valence-electron chi connectivity index (χ3n) is 3.50. The number of aromatic nitrogens is 3. The number of hydrogen-bond donors (Lipinski definition) is 1. The molecule has 134 valence electrons. The van der Waals surface area contributed by atoms with E-state index in [2.05, 4.69) is 15.4 Å². The molecule has 0 unspecified atom stereocenters. The zero-order chi connectivity index (χ0) is 18.5. The van der Waals surface area contributed by atoms with Crippen molar-refractivity contribution in [3.05, 3.63) is 65.4 Å². The van der Waals surface area contributed by atoms with Gasteiger partial charge in [0.15, 0.2) is 17.3 Å². The summed E-state index contributed by atoms with van der Waals surface area (Å²) in [6, 6.07) is 9.96. The van der Waals surface area contributed by atoms with Crippen LogP contribution >= 0.6 is 0 Å². The van der Waals surface area contributed by atoms with Crippen LogP contribution in [0.4, 0.5) is 8.78 Å². The van der Waals surface area contributed by atoms with Crippen molar-refractivity contribution in [2.24, 2.45) is 0 Å². The quantitative estimate of drug-likeness (QED) is 0.682. The highest BCUT2D eigenvalue weighted by molar-refractivity contribution is 5.93. The second-order valence-electron chi connectivity index (χ2n) is 5.31. The standard InChI is InChI=1S/C18H15F2N3O3/c1-2-25-18(24)17-16(21-23-22-17)12-5-3-4-11(8-12)10-26-15-9-13(19)6-7-14(15)20/h3-9H,2,10H2,1H3,(H,21,22,23). The number of carbonyl (C=O) groups is 1. The number of H-pyrrole nitrogens is 1. The van der Waals surface area contributed by atoms with Crippen LogP contribution in [-0.2, 0) is 11.3 Å². The van der Waals surface area contributed by atoms with E-state index in [-0.39, 0.29) is 24.7 Å². The highest BCUT2D eigenvalue weighted by Crippen LogP contribution is 2.23. The average Bonchev–Trinajstić information content (AvgIpc) is 3.13. The van der Waals surface area contributed by atoms with Crippen molar-refractivity contribution < 1.29 is 23.0 Å². The molecule has 3 aromatic rings. The number of ether oxygens (including phenoxy) is 2. The zero-order valence-corrected chi connectivity index (χ0v) is 13.8. The summed E-state index contributed by atoms with van der Waals surface area (Å²) in [5, 5.41) is 10.2.